The lowest BCUT2D eigenvalue weighted by Crippen LogP contribution is -2.71. The maximum atomic E-state index is 13.4. The number of likely N-dealkylation sites (N-methyl/N-ethyl adjacent to an activating group) is 2. The highest BCUT2D eigenvalue weighted by molar-refractivity contribution is 5.96. The summed E-state index contributed by atoms with van der Waals surface area (Å²) in [5.41, 5.74) is 10.3. The van der Waals surface area contributed by atoms with Gasteiger partial charge in [0.1, 0.15) is 18.2 Å². The van der Waals surface area contributed by atoms with Gasteiger partial charge in [0.2, 0.25) is 11.8 Å². The van der Waals surface area contributed by atoms with Crippen LogP contribution in [-0.4, -0.2) is 121 Å². The molecule has 1 spiro atoms. The first-order chi connectivity index (χ1) is 22.7. The van der Waals surface area contributed by atoms with Gasteiger partial charge in [0.25, 0.3) is 0 Å². The van der Waals surface area contributed by atoms with Gasteiger partial charge in [0.05, 0.1) is 18.1 Å². The van der Waals surface area contributed by atoms with Gasteiger partial charge in [-0.2, -0.15) is 0 Å². The van der Waals surface area contributed by atoms with Gasteiger partial charge in [-0.25, -0.2) is 4.79 Å². The number of ether oxygens (including phenoxy) is 3. The molecule has 3 amide bonds. The summed E-state index contributed by atoms with van der Waals surface area (Å²) in [6, 6.07) is 2.50. The van der Waals surface area contributed by atoms with E-state index in [2.05, 4.69) is 20.5 Å². The van der Waals surface area contributed by atoms with Gasteiger partial charge >= 0.3 is 12.1 Å². The number of nitrogens with zero attached hydrogens (tertiary/aromatic N) is 3. The lowest BCUT2D eigenvalue weighted by Gasteiger charge is -2.58. The number of hydrogen-bond donors (Lipinski definition) is 6. The number of fused-ring (bicyclic) bond motifs is 1. The van der Waals surface area contributed by atoms with Gasteiger partial charge in [-0.15, -0.1) is 0 Å². The Kier molecular flexibility index (Phi) is 11.1. The molecule has 16 heteroatoms. The smallest absolute Gasteiger partial charge is 0.414 e. The summed E-state index contributed by atoms with van der Waals surface area (Å²) in [6.07, 6.45) is 0.724. The second-order valence-corrected chi connectivity index (χ2v) is 12.6. The number of benzene rings is 1. The zero-order chi connectivity index (χ0) is 35.4. The Hall–Kier alpha value is -4.57. The van der Waals surface area contributed by atoms with Crippen LogP contribution >= 0.6 is 0 Å². The fraction of sp³-hybridized carbons (Fsp3) is 0.594. The summed E-state index contributed by atoms with van der Waals surface area (Å²) in [6.45, 7) is 4.92. The van der Waals surface area contributed by atoms with Crippen LogP contribution < -0.4 is 31.6 Å². The number of aliphatic hydroxyl groups is 1. The van der Waals surface area contributed by atoms with Gasteiger partial charge in [0, 0.05) is 44.7 Å². The number of likely N-dealkylation sites (tertiary alicyclic amines) is 1. The normalized spacial score (nSPS) is 24.8. The SMILES string of the molecule is COc1ccc(C)c2c1OC1C(OC(=O)N(C)CCNC(=O)C(CCCN=C(N)N)NC(=O)CC(=O)O)=CCC3(O)C(C)N(C)CCC213. The zero-order valence-electron chi connectivity index (χ0n) is 28.1. The van der Waals surface area contributed by atoms with Crippen molar-refractivity contribution in [3.63, 3.8) is 0 Å². The summed E-state index contributed by atoms with van der Waals surface area (Å²) >= 11 is 0. The minimum absolute atomic E-state index is 0.0119. The monoisotopic (exact) mass is 673 g/mol. The molecule has 16 nitrogen and oxygen atoms in total. The number of aliphatic imine (C=N–C) groups is 1. The highest BCUT2D eigenvalue weighted by Gasteiger charge is 2.69. The number of aliphatic carboxylic acids is 1. The second kappa shape index (κ2) is 14.7. The van der Waals surface area contributed by atoms with Crippen LogP contribution in [0.4, 0.5) is 4.79 Å². The van der Waals surface area contributed by atoms with Gasteiger partial charge in [0.15, 0.2) is 23.6 Å². The number of guanidine groups is 1. The van der Waals surface area contributed by atoms with E-state index in [-0.39, 0.29) is 50.2 Å². The molecule has 5 atom stereocenters. The maximum absolute atomic E-state index is 13.4. The fourth-order valence-electron chi connectivity index (χ4n) is 7.05. The van der Waals surface area contributed by atoms with Crippen LogP contribution in [0.2, 0.25) is 0 Å². The largest absolute Gasteiger partial charge is 0.493 e. The molecule has 48 heavy (non-hydrogen) atoms. The Labute approximate surface area is 279 Å². The predicted molar refractivity (Wildman–Crippen MR) is 174 cm³/mol. The molecule has 0 saturated carbocycles. The summed E-state index contributed by atoms with van der Waals surface area (Å²) in [4.78, 5) is 56.6. The maximum Gasteiger partial charge on any atom is 0.414 e. The highest BCUT2D eigenvalue weighted by atomic mass is 16.6. The quantitative estimate of drug-likeness (QED) is 0.0700. The predicted octanol–water partition coefficient (Wildman–Crippen LogP) is -0.0572. The standard InChI is InChI=1S/C32H47N7O9/c1-18-8-9-21(46-5)26-25(18)31-12-15-38(3)19(2)32(31,45)11-10-22(27(31)48-26)47-30(44)39(4)16-14-35-28(43)20(7-6-13-36-29(33)34)37-23(40)17-24(41)42/h8-10,19-20,27,45H,6-7,11-17H2,1-5H3,(H,35,43)(H,37,40)(H,41,42)(H4,33,34,36). The van der Waals surface area contributed by atoms with Gasteiger partial charge in [-0.3, -0.25) is 19.4 Å². The number of carbonyl (C=O) groups is 4. The van der Waals surface area contributed by atoms with Crippen molar-refractivity contribution in [2.75, 3.05) is 47.4 Å². The Morgan fingerprint density at radius 1 is 1.27 bits per heavy atom. The molecule has 0 bridgehead atoms. The number of rotatable bonds is 13. The first-order valence-electron chi connectivity index (χ1n) is 15.9. The molecule has 0 aromatic heterocycles. The van der Waals surface area contributed by atoms with E-state index in [4.69, 9.17) is 30.8 Å². The summed E-state index contributed by atoms with van der Waals surface area (Å²) in [5, 5.41) is 26.4. The van der Waals surface area contributed by atoms with E-state index in [1.54, 1.807) is 13.2 Å². The van der Waals surface area contributed by atoms with E-state index in [1.807, 2.05) is 33.0 Å². The number of nitrogens with one attached hydrogen (secondary N) is 2. The van der Waals surface area contributed by atoms with E-state index in [1.165, 1.54) is 11.9 Å². The van der Waals surface area contributed by atoms with Crippen LogP contribution in [0.3, 0.4) is 0 Å². The molecular formula is C32H47N7O9. The van der Waals surface area contributed by atoms with E-state index in [0.29, 0.717) is 30.9 Å². The molecule has 5 unspecified atom stereocenters. The van der Waals surface area contributed by atoms with Crippen molar-refractivity contribution in [3.05, 3.63) is 35.1 Å². The van der Waals surface area contributed by atoms with E-state index >= 15 is 0 Å². The molecule has 4 rings (SSSR count). The first kappa shape index (κ1) is 36.3. The van der Waals surface area contributed by atoms with E-state index in [9.17, 15) is 24.3 Å². The Morgan fingerprint density at radius 2 is 2.00 bits per heavy atom. The number of hydrogen-bond acceptors (Lipinski definition) is 10. The van der Waals surface area contributed by atoms with Gasteiger partial charge in [-0.05, 0) is 64.4 Å². The van der Waals surface area contributed by atoms with Crippen LogP contribution in [0.5, 0.6) is 11.5 Å². The average molecular weight is 674 g/mol. The van der Waals surface area contributed by atoms with Crippen molar-refractivity contribution in [3.8, 4) is 11.5 Å². The lowest BCUT2D eigenvalue weighted by atomic mass is 9.54. The number of carbonyl (C=O) groups excluding carboxylic acids is 3. The minimum Gasteiger partial charge on any atom is -0.493 e. The number of carboxylic acid groups (broad SMARTS) is 1. The minimum atomic E-state index is -1.33. The van der Waals surface area contributed by atoms with Crippen molar-refractivity contribution in [1.29, 1.82) is 0 Å². The fourth-order valence-corrected chi connectivity index (χ4v) is 7.05. The molecule has 3 aliphatic rings. The van der Waals surface area contributed by atoms with Crippen LogP contribution in [-0.2, 0) is 24.5 Å². The van der Waals surface area contributed by atoms with E-state index < -0.39 is 53.5 Å². The number of nitrogens with two attached hydrogens (primary N) is 2. The molecule has 8 N–H and O–H groups in total. The molecule has 1 aromatic rings. The third kappa shape index (κ3) is 6.99. The molecule has 1 aliphatic carbocycles. The molecule has 1 saturated heterocycles. The number of aryl methyl sites for hydroxylation is 1. The number of piperidine rings is 1. The molecule has 264 valence electrons. The summed E-state index contributed by atoms with van der Waals surface area (Å²) in [7, 11) is 5.05. The molecule has 1 fully saturated rings. The Balaban J connectivity index is 1.44. The molecule has 2 aliphatic heterocycles. The highest BCUT2D eigenvalue weighted by Crippen LogP contribution is 2.62. The van der Waals surface area contributed by atoms with Crippen LogP contribution in [0.25, 0.3) is 0 Å². The van der Waals surface area contributed by atoms with Crippen molar-refractivity contribution >= 4 is 29.8 Å². The third-order valence-electron chi connectivity index (χ3n) is 9.71. The Morgan fingerprint density at radius 3 is 2.67 bits per heavy atom. The third-order valence-corrected chi connectivity index (χ3v) is 9.71. The van der Waals surface area contributed by atoms with Gasteiger partial charge < -0.3 is 56.3 Å². The van der Waals surface area contributed by atoms with Gasteiger partial charge in [-0.1, -0.05) is 6.07 Å². The number of amides is 3. The summed E-state index contributed by atoms with van der Waals surface area (Å²) in [5.74, 6) is -1.48. The molecule has 1 aromatic carbocycles. The molecular weight excluding hydrogens is 626 g/mol. The number of carboxylic acids is 1. The van der Waals surface area contributed by atoms with Crippen LogP contribution in [0.15, 0.2) is 29.0 Å². The first-order valence-corrected chi connectivity index (χ1v) is 15.9. The van der Waals surface area contributed by atoms with Crippen molar-refractivity contribution < 1.29 is 43.6 Å². The average Bonchev–Trinajstić information content (AvgIpc) is 3.39. The topological polar surface area (TPSA) is 231 Å². The van der Waals surface area contributed by atoms with Crippen LogP contribution in [0, 0.1) is 6.92 Å². The molecule has 0 radical (unpaired) electrons. The Bertz CT molecular complexity index is 1480. The van der Waals surface area contributed by atoms with Crippen molar-refractivity contribution in [2.24, 2.45) is 16.5 Å². The number of methoxy groups -OCH3 is 1. The lowest BCUT2D eigenvalue weighted by molar-refractivity contribution is -0.153. The van der Waals surface area contributed by atoms with Crippen LogP contribution in [0.1, 0.15) is 50.2 Å². The second-order valence-electron chi connectivity index (χ2n) is 12.6. The van der Waals surface area contributed by atoms with Crippen molar-refractivity contribution in [2.45, 2.75) is 75.2 Å². The summed E-state index contributed by atoms with van der Waals surface area (Å²) < 4.78 is 18.1. The van der Waals surface area contributed by atoms with E-state index in [0.717, 1.165) is 11.1 Å². The molecule has 2 heterocycles. The zero-order valence-corrected chi connectivity index (χ0v) is 28.1. The van der Waals surface area contributed by atoms with Crippen molar-refractivity contribution in [1.82, 2.24) is 20.4 Å².